The highest BCUT2D eigenvalue weighted by molar-refractivity contribution is 5.88. The fourth-order valence-electron chi connectivity index (χ4n) is 3.39. The number of benzene rings is 3. The van der Waals surface area contributed by atoms with E-state index in [1.807, 2.05) is 54.6 Å². The number of ether oxygens (including phenoxy) is 1. The number of phenols is 1. The number of aromatic hydroxyl groups is 1. The van der Waals surface area contributed by atoms with Gasteiger partial charge in [-0.1, -0.05) is 24.3 Å². The molecule has 0 saturated carbocycles. The van der Waals surface area contributed by atoms with Crippen molar-refractivity contribution >= 4 is 27.7 Å². The van der Waals surface area contributed by atoms with Crippen LogP contribution in [0.2, 0.25) is 0 Å². The molecule has 0 fully saturated rings. The van der Waals surface area contributed by atoms with E-state index in [1.165, 1.54) is 13.4 Å². The molecule has 2 aromatic heterocycles. The van der Waals surface area contributed by atoms with Crippen LogP contribution in [0.25, 0.3) is 33.2 Å². The molecule has 0 aliphatic heterocycles. The van der Waals surface area contributed by atoms with Crippen LogP contribution in [0.15, 0.2) is 88.6 Å². The van der Waals surface area contributed by atoms with Gasteiger partial charge in [-0.3, -0.25) is 5.43 Å². The average Bonchev–Trinajstić information content (AvgIpc) is 2.82. The van der Waals surface area contributed by atoms with Gasteiger partial charge in [0, 0.05) is 22.4 Å². The molecule has 0 atom stereocenters. The molecule has 0 aliphatic rings. The van der Waals surface area contributed by atoms with Gasteiger partial charge in [-0.25, -0.2) is 9.97 Å². The zero-order valence-electron chi connectivity index (χ0n) is 16.6. The van der Waals surface area contributed by atoms with Crippen molar-refractivity contribution < 1.29 is 14.3 Å². The Morgan fingerprint density at radius 1 is 0.935 bits per heavy atom. The molecule has 0 aliphatic carbocycles. The van der Waals surface area contributed by atoms with Crippen LogP contribution in [0.1, 0.15) is 0 Å². The van der Waals surface area contributed by atoms with Gasteiger partial charge in [0.1, 0.15) is 17.7 Å². The fraction of sp³-hybridized carbons (Fsp3) is 0.0417. The van der Waals surface area contributed by atoms with E-state index in [0.717, 1.165) is 21.9 Å². The van der Waals surface area contributed by atoms with Crippen LogP contribution in [-0.4, -0.2) is 22.2 Å². The van der Waals surface area contributed by atoms with Crippen LogP contribution in [0.4, 0.5) is 5.82 Å². The van der Waals surface area contributed by atoms with Crippen LogP contribution in [0.3, 0.4) is 0 Å². The molecule has 5 aromatic rings. The van der Waals surface area contributed by atoms with E-state index in [4.69, 9.17) is 9.15 Å². The van der Waals surface area contributed by atoms with Gasteiger partial charge in [-0.05, 0) is 42.5 Å². The van der Waals surface area contributed by atoms with E-state index in [0.29, 0.717) is 28.3 Å². The third-order valence-corrected chi connectivity index (χ3v) is 4.94. The summed E-state index contributed by atoms with van der Waals surface area (Å²) >= 11 is 0. The van der Waals surface area contributed by atoms with Crippen molar-refractivity contribution in [1.29, 1.82) is 0 Å². The molecule has 0 saturated heterocycles. The number of methoxy groups -OCH3 is 1. The maximum absolute atomic E-state index is 9.91. The highest BCUT2D eigenvalue weighted by Crippen LogP contribution is 2.32. The summed E-state index contributed by atoms with van der Waals surface area (Å²) in [5.74, 6) is 1.63. The Morgan fingerprint density at radius 3 is 2.61 bits per heavy atom. The van der Waals surface area contributed by atoms with Crippen molar-refractivity contribution in [3.63, 3.8) is 0 Å². The molecular weight excluding hydrogens is 392 g/mol. The summed E-state index contributed by atoms with van der Waals surface area (Å²) < 4.78 is 11.3. The number of nitrogens with one attached hydrogen (secondary N) is 1. The van der Waals surface area contributed by atoms with Crippen molar-refractivity contribution in [3.05, 3.63) is 84.5 Å². The summed E-state index contributed by atoms with van der Waals surface area (Å²) in [6, 6.07) is 22.3. The molecular formula is C24H18N4O3. The second kappa shape index (κ2) is 7.79. The van der Waals surface area contributed by atoms with E-state index < -0.39 is 0 Å². The normalized spacial score (nSPS) is 11.7. The average molecular weight is 410 g/mol. The number of nitrogens with zero attached hydrogens (tertiary/aromatic N) is 3. The summed E-state index contributed by atoms with van der Waals surface area (Å²) in [5, 5.41) is 16.9. The fourth-order valence-corrected chi connectivity index (χ4v) is 3.39. The Bertz CT molecular complexity index is 1470. The first-order chi connectivity index (χ1) is 15.2. The first kappa shape index (κ1) is 18.6. The van der Waals surface area contributed by atoms with Crippen LogP contribution < -0.4 is 15.5 Å². The predicted molar refractivity (Wildman–Crippen MR) is 119 cm³/mol. The third kappa shape index (κ3) is 3.53. The highest BCUT2D eigenvalue weighted by Gasteiger charge is 2.10. The summed E-state index contributed by atoms with van der Waals surface area (Å²) in [4.78, 5) is 8.62. The maximum atomic E-state index is 9.91. The Morgan fingerprint density at radius 2 is 1.74 bits per heavy atom. The Kier molecular flexibility index (Phi) is 4.68. The standard InChI is InChI=1S/C24H18N4O3/c1-30-23-12-15(10-11-20(23)29)22-13-19(16-6-3-5-9-21(16)31-22)27-28-24-17-7-2-4-8-18(17)25-14-26-24/h2-14,29H,1H3,(H,25,26,28)/b27-19+. The van der Waals surface area contributed by atoms with E-state index >= 15 is 0 Å². The molecule has 0 bridgehead atoms. The van der Waals surface area contributed by atoms with Gasteiger partial charge >= 0.3 is 0 Å². The summed E-state index contributed by atoms with van der Waals surface area (Å²) in [7, 11) is 1.51. The molecule has 152 valence electrons. The molecule has 7 heteroatoms. The molecule has 7 nitrogen and oxygen atoms in total. The SMILES string of the molecule is COc1cc(-c2c/c(=N\Nc3ncnc4ccccc34)c3ccccc3o2)ccc1O. The summed E-state index contributed by atoms with van der Waals surface area (Å²) in [6.45, 7) is 0. The maximum Gasteiger partial charge on any atom is 0.161 e. The smallest absolute Gasteiger partial charge is 0.161 e. The van der Waals surface area contributed by atoms with Crippen LogP contribution in [0.5, 0.6) is 11.5 Å². The number of hydrogen-bond acceptors (Lipinski definition) is 7. The number of rotatable bonds is 4. The third-order valence-electron chi connectivity index (χ3n) is 4.94. The molecule has 0 unspecified atom stereocenters. The number of aromatic nitrogens is 2. The Hall–Kier alpha value is -4.39. The van der Waals surface area contributed by atoms with Gasteiger partial charge in [0.05, 0.1) is 18.0 Å². The minimum atomic E-state index is 0.0641. The summed E-state index contributed by atoms with van der Waals surface area (Å²) in [5.41, 5.74) is 5.34. The van der Waals surface area contributed by atoms with Crippen LogP contribution in [0, 0.1) is 0 Å². The molecule has 0 spiro atoms. The minimum absolute atomic E-state index is 0.0641. The van der Waals surface area contributed by atoms with Gasteiger partial charge in [-0.15, -0.1) is 0 Å². The van der Waals surface area contributed by atoms with E-state index in [1.54, 1.807) is 18.2 Å². The van der Waals surface area contributed by atoms with Gasteiger partial charge in [0.25, 0.3) is 0 Å². The van der Waals surface area contributed by atoms with Gasteiger partial charge in [0.2, 0.25) is 0 Å². The van der Waals surface area contributed by atoms with E-state index in [2.05, 4.69) is 20.5 Å². The zero-order valence-corrected chi connectivity index (χ0v) is 16.6. The quantitative estimate of drug-likeness (QED) is 0.418. The Labute approximate surface area is 177 Å². The molecule has 2 heterocycles. The second-order valence-corrected chi connectivity index (χ2v) is 6.84. The predicted octanol–water partition coefficient (Wildman–Crippen LogP) is 4.69. The lowest BCUT2D eigenvalue weighted by atomic mass is 10.1. The molecule has 0 radical (unpaired) electrons. The molecule has 5 rings (SSSR count). The largest absolute Gasteiger partial charge is 0.504 e. The molecule has 2 N–H and O–H groups in total. The van der Waals surface area contributed by atoms with Crippen LogP contribution >= 0.6 is 0 Å². The van der Waals surface area contributed by atoms with Crippen molar-refractivity contribution in [2.75, 3.05) is 12.5 Å². The number of fused-ring (bicyclic) bond motifs is 2. The first-order valence-electron chi connectivity index (χ1n) is 9.63. The lowest BCUT2D eigenvalue weighted by Gasteiger charge is -2.08. The number of hydrogen-bond donors (Lipinski definition) is 2. The monoisotopic (exact) mass is 410 g/mol. The number of anilines is 1. The molecule has 0 amide bonds. The van der Waals surface area contributed by atoms with Gasteiger partial charge < -0.3 is 14.3 Å². The van der Waals surface area contributed by atoms with Crippen molar-refractivity contribution in [2.24, 2.45) is 5.10 Å². The number of phenolic OH excluding ortho intramolecular Hbond substituents is 1. The topological polar surface area (TPSA) is 92.8 Å². The second-order valence-electron chi connectivity index (χ2n) is 6.84. The lowest BCUT2D eigenvalue weighted by Crippen LogP contribution is -2.08. The zero-order chi connectivity index (χ0) is 21.2. The van der Waals surface area contributed by atoms with Crippen LogP contribution in [-0.2, 0) is 0 Å². The molecule has 3 aromatic carbocycles. The highest BCUT2D eigenvalue weighted by atomic mass is 16.5. The van der Waals surface area contributed by atoms with Crippen molar-refractivity contribution in [3.8, 4) is 22.8 Å². The Balaban J connectivity index is 1.66. The van der Waals surface area contributed by atoms with Gasteiger partial charge in [0.15, 0.2) is 17.3 Å². The minimum Gasteiger partial charge on any atom is -0.504 e. The van der Waals surface area contributed by atoms with Gasteiger partial charge in [-0.2, -0.15) is 5.10 Å². The first-order valence-corrected chi connectivity index (χ1v) is 9.63. The van der Waals surface area contributed by atoms with E-state index in [-0.39, 0.29) is 5.75 Å². The van der Waals surface area contributed by atoms with Crippen molar-refractivity contribution in [2.45, 2.75) is 0 Å². The lowest BCUT2D eigenvalue weighted by molar-refractivity contribution is 0.373. The summed E-state index contributed by atoms with van der Waals surface area (Å²) in [6.07, 6.45) is 1.51. The number of para-hydroxylation sites is 2. The van der Waals surface area contributed by atoms with Crippen molar-refractivity contribution in [1.82, 2.24) is 9.97 Å². The van der Waals surface area contributed by atoms with E-state index in [9.17, 15) is 5.11 Å². The molecule has 31 heavy (non-hydrogen) atoms.